The molecule has 3 aliphatic carbocycles. The topological polar surface area (TPSA) is 0 Å². The molecule has 3 aliphatic rings. The van der Waals surface area contributed by atoms with E-state index < -0.39 is 0 Å². The minimum atomic E-state index is -0.298. The van der Waals surface area contributed by atoms with Gasteiger partial charge in [-0.25, -0.2) is 0 Å². The zero-order valence-electron chi connectivity index (χ0n) is 21.0. The molecule has 2 unspecified atom stereocenters. The van der Waals surface area contributed by atoms with Crippen LogP contribution < -0.4 is 0 Å². The lowest BCUT2D eigenvalue weighted by atomic mass is 9.58. The Morgan fingerprint density at radius 1 is 0.743 bits per heavy atom. The Morgan fingerprint density at radius 3 is 2.11 bits per heavy atom. The highest BCUT2D eigenvalue weighted by Crippen LogP contribution is 2.63. The average molecular weight is 453 g/mol. The van der Waals surface area contributed by atoms with Gasteiger partial charge in [-0.15, -0.1) is 0 Å². The van der Waals surface area contributed by atoms with Crippen molar-refractivity contribution in [2.75, 3.05) is 0 Å². The summed E-state index contributed by atoms with van der Waals surface area (Å²) in [6, 6.07) is 31.4. The summed E-state index contributed by atoms with van der Waals surface area (Å²) in [5, 5.41) is 0. The highest BCUT2D eigenvalue weighted by molar-refractivity contribution is 6.03. The molecule has 172 valence electrons. The van der Waals surface area contributed by atoms with Crippen molar-refractivity contribution >= 4 is 11.1 Å². The predicted molar refractivity (Wildman–Crippen MR) is 149 cm³/mol. The fourth-order valence-corrected chi connectivity index (χ4v) is 6.58. The average Bonchev–Trinajstić information content (AvgIpc) is 3.43. The van der Waals surface area contributed by atoms with Crippen molar-refractivity contribution in [3.05, 3.63) is 154 Å². The van der Waals surface area contributed by atoms with Crippen LogP contribution in [0.4, 0.5) is 0 Å². The van der Waals surface area contributed by atoms with Crippen LogP contribution in [0.2, 0.25) is 0 Å². The minimum Gasteiger partial charge on any atom is -0.0686 e. The molecule has 0 heteroatoms. The first-order chi connectivity index (χ1) is 16.9. The van der Waals surface area contributed by atoms with E-state index in [4.69, 9.17) is 0 Å². The van der Waals surface area contributed by atoms with Crippen LogP contribution in [-0.2, 0) is 5.41 Å². The first-order valence-corrected chi connectivity index (χ1v) is 12.7. The molecule has 0 saturated heterocycles. The van der Waals surface area contributed by atoms with Gasteiger partial charge in [0.2, 0.25) is 0 Å². The van der Waals surface area contributed by atoms with E-state index in [9.17, 15) is 0 Å². The molecule has 0 aromatic heterocycles. The smallest absolute Gasteiger partial charge is 0.0500 e. The molecule has 3 aromatic rings. The van der Waals surface area contributed by atoms with Crippen molar-refractivity contribution in [3.63, 3.8) is 0 Å². The third-order valence-corrected chi connectivity index (χ3v) is 7.79. The Hall–Kier alpha value is -3.64. The molecular weight excluding hydrogens is 420 g/mol. The highest BCUT2D eigenvalue weighted by atomic mass is 14.5. The van der Waals surface area contributed by atoms with Gasteiger partial charge in [-0.3, -0.25) is 0 Å². The van der Waals surface area contributed by atoms with Crippen LogP contribution in [0.3, 0.4) is 0 Å². The van der Waals surface area contributed by atoms with E-state index >= 15 is 0 Å². The summed E-state index contributed by atoms with van der Waals surface area (Å²) in [7, 11) is 0. The van der Waals surface area contributed by atoms with Gasteiger partial charge < -0.3 is 0 Å². The van der Waals surface area contributed by atoms with Crippen molar-refractivity contribution in [1.29, 1.82) is 0 Å². The summed E-state index contributed by atoms with van der Waals surface area (Å²) in [5.74, 6) is 0.170. The second-order valence-electron chi connectivity index (χ2n) is 11.1. The van der Waals surface area contributed by atoms with Gasteiger partial charge in [0.1, 0.15) is 0 Å². The first-order valence-electron chi connectivity index (χ1n) is 12.7. The zero-order chi connectivity index (χ0) is 24.2. The van der Waals surface area contributed by atoms with Gasteiger partial charge >= 0.3 is 0 Å². The molecule has 0 amide bonds. The Balaban J connectivity index is 1.75. The minimum absolute atomic E-state index is 0.00315. The van der Waals surface area contributed by atoms with E-state index in [1.165, 1.54) is 50.1 Å². The monoisotopic (exact) mass is 452 g/mol. The Bertz CT molecular complexity index is 1450. The number of hydrogen-bond donors (Lipinski definition) is 0. The van der Waals surface area contributed by atoms with Crippen molar-refractivity contribution in [1.82, 2.24) is 0 Å². The molecule has 0 fully saturated rings. The van der Waals surface area contributed by atoms with Gasteiger partial charge in [-0.05, 0) is 56.9 Å². The molecule has 0 nitrogen and oxygen atoms in total. The Labute approximate surface area is 209 Å². The lowest BCUT2D eigenvalue weighted by Crippen LogP contribution is -2.35. The lowest BCUT2D eigenvalue weighted by molar-refractivity contribution is 0.563. The van der Waals surface area contributed by atoms with Crippen LogP contribution in [0.5, 0.6) is 0 Å². The van der Waals surface area contributed by atoms with Gasteiger partial charge in [-0.1, -0.05) is 142 Å². The van der Waals surface area contributed by atoms with Crippen molar-refractivity contribution < 1.29 is 0 Å². The van der Waals surface area contributed by atoms with Crippen molar-refractivity contribution in [2.45, 2.75) is 39.0 Å². The molecule has 35 heavy (non-hydrogen) atoms. The fourth-order valence-electron chi connectivity index (χ4n) is 6.58. The summed E-state index contributed by atoms with van der Waals surface area (Å²) in [5.41, 5.74) is 12.2. The summed E-state index contributed by atoms with van der Waals surface area (Å²) < 4.78 is 0. The van der Waals surface area contributed by atoms with E-state index in [2.05, 4.69) is 143 Å². The van der Waals surface area contributed by atoms with Crippen LogP contribution in [0.25, 0.3) is 11.1 Å². The molecule has 0 heterocycles. The Kier molecular flexibility index (Phi) is 4.97. The SMILES string of the molecule is CC1=CC2=CC=CC(c3ccccc3)(C3C(c4ccccc4)=C(C(C)(C)C)c4ccccc43)C2=C1. The van der Waals surface area contributed by atoms with Crippen LogP contribution in [0.1, 0.15) is 55.9 Å². The molecule has 0 bridgehead atoms. The third-order valence-electron chi connectivity index (χ3n) is 7.79. The van der Waals surface area contributed by atoms with E-state index in [0.717, 1.165) is 0 Å². The molecule has 0 radical (unpaired) electrons. The lowest BCUT2D eigenvalue weighted by Gasteiger charge is -2.43. The quantitative estimate of drug-likeness (QED) is 0.372. The second-order valence-corrected chi connectivity index (χ2v) is 11.1. The largest absolute Gasteiger partial charge is 0.0686 e. The molecule has 2 atom stereocenters. The molecule has 3 aromatic carbocycles. The van der Waals surface area contributed by atoms with Crippen LogP contribution in [0.15, 0.2) is 132 Å². The third kappa shape index (κ3) is 3.27. The summed E-state index contributed by atoms with van der Waals surface area (Å²) in [6.07, 6.45) is 11.8. The molecule has 6 rings (SSSR count). The maximum atomic E-state index is 2.47. The Morgan fingerprint density at radius 2 is 1.40 bits per heavy atom. The summed E-state index contributed by atoms with van der Waals surface area (Å²) in [6.45, 7) is 9.31. The summed E-state index contributed by atoms with van der Waals surface area (Å²) >= 11 is 0. The van der Waals surface area contributed by atoms with Gasteiger partial charge in [-0.2, -0.15) is 0 Å². The van der Waals surface area contributed by atoms with Crippen molar-refractivity contribution in [2.24, 2.45) is 5.41 Å². The van der Waals surface area contributed by atoms with Gasteiger partial charge in [0.05, 0.1) is 5.41 Å². The molecule has 0 spiro atoms. The van der Waals surface area contributed by atoms with Crippen LogP contribution in [-0.4, -0.2) is 0 Å². The van der Waals surface area contributed by atoms with E-state index in [-0.39, 0.29) is 16.7 Å². The van der Waals surface area contributed by atoms with Crippen LogP contribution in [0, 0.1) is 5.41 Å². The van der Waals surface area contributed by atoms with Crippen LogP contribution >= 0.6 is 0 Å². The van der Waals surface area contributed by atoms with Gasteiger partial charge in [0.25, 0.3) is 0 Å². The molecule has 0 aliphatic heterocycles. The van der Waals surface area contributed by atoms with E-state index in [0.29, 0.717) is 0 Å². The zero-order valence-corrected chi connectivity index (χ0v) is 21.0. The second kappa shape index (κ2) is 7.95. The van der Waals surface area contributed by atoms with Crippen molar-refractivity contribution in [3.8, 4) is 0 Å². The number of allylic oxidation sites excluding steroid dienone is 10. The van der Waals surface area contributed by atoms with Gasteiger partial charge in [0.15, 0.2) is 0 Å². The number of hydrogen-bond acceptors (Lipinski definition) is 0. The first kappa shape index (κ1) is 21.9. The maximum absolute atomic E-state index is 2.47. The predicted octanol–water partition coefficient (Wildman–Crippen LogP) is 9.06. The molecule has 0 N–H and O–H groups in total. The molecular formula is C35H32. The van der Waals surface area contributed by atoms with E-state index in [1.54, 1.807) is 0 Å². The van der Waals surface area contributed by atoms with Gasteiger partial charge in [0, 0.05) is 5.92 Å². The standard InChI is InChI=1S/C35H32/c1-24-22-26-16-13-21-35(30(26)23-24,27-17-9-6-10-18-27)33-29-20-12-11-19-28(29)32(34(2,3)4)31(33)25-14-7-5-8-15-25/h5-23,33H,1-4H3. The normalized spacial score (nSPS) is 23.0. The highest BCUT2D eigenvalue weighted by Gasteiger charge is 2.51. The number of benzene rings is 3. The number of fused-ring (bicyclic) bond motifs is 2. The number of rotatable bonds is 3. The maximum Gasteiger partial charge on any atom is 0.0500 e. The molecule has 0 saturated carbocycles. The van der Waals surface area contributed by atoms with E-state index in [1.807, 2.05) is 0 Å². The summed E-state index contributed by atoms with van der Waals surface area (Å²) in [4.78, 5) is 0. The fraction of sp³-hybridized carbons (Fsp3) is 0.200.